The van der Waals surface area contributed by atoms with Crippen LogP contribution in [0, 0.1) is 11.7 Å². The van der Waals surface area contributed by atoms with E-state index in [2.05, 4.69) is 30.1 Å². The van der Waals surface area contributed by atoms with Crippen LogP contribution in [-0.2, 0) is 6.54 Å². The minimum atomic E-state index is -0.0684. The summed E-state index contributed by atoms with van der Waals surface area (Å²) in [5, 5.41) is 3.45. The predicted octanol–water partition coefficient (Wildman–Crippen LogP) is 3.70. The van der Waals surface area contributed by atoms with Gasteiger partial charge in [0.25, 0.3) is 0 Å². The van der Waals surface area contributed by atoms with Gasteiger partial charge in [0.05, 0.1) is 0 Å². The summed E-state index contributed by atoms with van der Waals surface area (Å²) in [5.41, 5.74) is 1.94. The first-order valence-corrected chi connectivity index (χ1v) is 7.92. The Hall–Kier alpha value is -1.09. The Morgan fingerprint density at radius 2 is 2.00 bits per heavy atom. The number of nitrogens with zero attached hydrogens (tertiary/aromatic N) is 1. The maximum absolute atomic E-state index is 14.2. The van der Waals surface area contributed by atoms with Crippen molar-refractivity contribution in [2.24, 2.45) is 5.92 Å². The normalized spacial score (nSPS) is 26.9. The minimum absolute atomic E-state index is 0.0684. The summed E-state index contributed by atoms with van der Waals surface area (Å²) in [6.45, 7) is 6.25. The first-order chi connectivity index (χ1) is 9.65. The van der Waals surface area contributed by atoms with E-state index in [1.807, 2.05) is 6.07 Å². The van der Waals surface area contributed by atoms with Crippen LogP contribution in [0.15, 0.2) is 18.2 Å². The lowest BCUT2D eigenvalue weighted by Crippen LogP contribution is -2.42. The van der Waals surface area contributed by atoms with Crippen LogP contribution in [-0.4, -0.2) is 18.6 Å². The molecule has 1 aliphatic heterocycles. The molecule has 2 aliphatic rings. The third-order valence-electron chi connectivity index (χ3n) is 4.67. The fourth-order valence-corrected chi connectivity index (χ4v) is 3.15. The molecule has 110 valence electrons. The van der Waals surface area contributed by atoms with Crippen molar-refractivity contribution >= 4 is 5.69 Å². The molecule has 1 aromatic rings. The van der Waals surface area contributed by atoms with Crippen LogP contribution in [0.4, 0.5) is 10.1 Å². The summed E-state index contributed by atoms with van der Waals surface area (Å²) in [5.74, 6) is 0.625. The summed E-state index contributed by atoms with van der Waals surface area (Å²) in [6, 6.07) is 6.64. The molecule has 1 saturated heterocycles. The lowest BCUT2D eigenvalue weighted by Gasteiger charge is -2.39. The average molecular weight is 276 g/mol. The van der Waals surface area contributed by atoms with E-state index in [0.29, 0.717) is 24.5 Å². The van der Waals surface area contributed by atoms with Gasteiger partial charge in [0.1, 0.15) is 5.82 Å². The molecule has 1 N–H and O–H groups in total. The molecule has 1 aliphatic carbocycles. The minimum Gasteiger partial charge on any atom is -0.368 e. The highest BCUT2D eigenvalue weighted by atomic mass is 19.1. The Labute approximate surface area is 121 Å². The zero-order chi connectivity index (χ0) is 14.1. The molecule has 0 spiro atoms. The summed E-state index contributed by atoms with van der Waals surface area (Å²) >= 11 is 0. The van der Waals surface area contributed by atoms with Gasteiger partial charge in [-0.3, -0.25) is 0 Å². The van der Waals surface area contributed by atoms with Gasteiger partial charge in [0.2, 0.25) is 0 Å². The number of rotatable bonds is 4. The van der Waals surface area contributed by atoms with Crippen LogP contribution in [0.3, 0.4) is 0 Å². The van der Waals surface area contributed by atoms with Gasteiger partial charge in [0.15, 0.2) is 0 Å². The maximum Gasteiger partial charge on any atom is 0.129 e. The van der Waals surface area contributed by atoms with E-state index in [4.69, 9.17) is 0 Å². The van der Waals surface area contributed by atoms with Crippen LogP contribution < -0.4 is 10.2 Å². The zero-order valence-electron chi connectivity index (χ0n) is 12.5. The molecule has 2 atom stereocenters. The van der Waals surface area contributed by atoms with Crippen molar-refractivity contribution in [2.45, 2.75) is 58.2 Å². The zero-order valence-corrected chi connectivity index (χ0v) is 12.5. The van der Waals surface area contributed by atoms with E-state index in [1.54, 1.807) is 6.07 Å². The summed E-state index contributed by atoms with van der Waals surface area (Å²) in [6.07, 6.45) is 4.96. The van der Waals surface area contributed by atoms with E-state index >= 15 is 0 Å². The largest absolute Gasteiger partial charge is 0.368 e. The van der Waals surface area contributed by atoms with Crippen LogP contribution in [0.2, 0.25) is 0 Å². The van der Waals surface area contributed by atoms with Gasteiger partial charge in [-0.2, -0.15) is 0 Å². The highest BCUT2D eigenvalue weighted by molar-refractivity contribution is 5.55. The highest BCUT2D eigenvalue weighted by Gasteiger charge is 2.27. The van der Waals surface area contributed by atoms with E-state index in [9.17, 15) is 4.39 Å². The maximum atomic E-state index is 14.2. The topological polar surface area (TPSA) is 15.3 Å². The molecule has 2 unspecified atom stereocenters. The van der Waals surface area contributed by atoms with E-state index in [-0.39, 0.29) is 5.82 Å². The molecule has 20 heavy (non-hydrogen) atoms. The molecular formula is C17H25FN2. The van der Waals surface area contributed by atoms with Crippen molar-refractivity contribution < 1.29 is 4.39 Å². The lowest BCUT2D eigenvalue weighted by molar-refractivity contribution is 0.389. The molecule has 2 nitrogen and oxygen atoms in total. The number of hydrogen-bond acceptors (Lipinski definition) is 2. The second kappa shape index (κ2) is 5.72. The fraction of sp³-hybridized carbons (Fsp3) is 0.647. The van der Waals surface area contributed by atoms with Crippen LogP contribution in [0.1, 0.15) is 45.1 Å². The van der Waals surface area contributed by atoms with Crippen LogP contribution in [0.25, 0.3) is 0 Å². The predicted molar refractivity (Wildman–Crippen MR) is 81.5 cm³/mol. The number of hydrogen-bond donors (Lipinski definition) is 1. The van der Waals surface area contributed by atoms with Gasteiger partial charge >= 0.3 is 0 Å². The Bertz CT molecular complexity index is 470. The molecule has 3 heteroatoms. The SMILES string of the molecule is CC1CCC(C)N(c2cccc(F)c2CNC2CC2)C1. The summed E-state index contributed by atoms with van der Waals surface area (Å²) < 4.78 is 14.2. The first kappa shape index (κ1) is 13.9. The number of nitrogens with one attached hydrogen (secondary N) is 1. The van der Waals surface area contributed by atoms with E-state index in [0.717, 1.165) is 17.8 Å². The standard InChI is InChI=1S/C17H25FN2/c1-12-6-7-13(2)20(11-12)17-5-3-4-16(18)15(17)10-19-14-8-9-14/h3-5,12-14,19H,6-11H2,1-2H3. The van der Waals surface area contributed by atoms with Gasteiger partial charge < -0.3 is 10.2 Å². The summed E-state index contributed by atoms with van der Waals surface area (Å²) in [7, 11) is 0. The van der Waals surface area contributed by atoms with E-state index < -0.39 is 0 Å². The Kier molecular flexibility index (Phi) is 3.97. The molecule has 3 rings (SSSR count). The van der Waals surface area contributed by atoms with Gasteiger partial charge in [-0.25, -0.2) is 4.39 Å². The molecule has 1 aromatic carbocycles. The molecule has 1 saturated carbocycles. The molecule has 0 amide bonds. The molecule has 2 fully saturated rings. The van der Waals surface area contributed by atoms with Crippen molar-refractivity contribution in [3.63, 3.8) is 0 Å². The second-order valence-corrected chi connectivity index (χ2v) is 6.58. The lowest BCUT2D eigenvalue weighted by atomic mass is 9.93. The first-order valence-electron chi connectivity index (χ1n) is 7.92. The molecule has 0 radical (unpaired) electrons. The number of benzene rings is 1. The molecule has 0 aromatic heterocycles. The Morgan fingerprint density at radius 3 is 2.75 bits per heavy atom. The number of anilines is 1. The number of halogens is 1. The van der Waals surface area contributed by atoms with Gasteiger partial charge in [-0.1, -0.05) is 13.0 Å². The van der Waals surface area contributed by atoms with Gasteiger partial charge in [-0.05, 0) is 50.7 Å². The quantitative estimate of drug-likeness (QED) is 0.902. The third kappa shape index (κ3) is 2.98. The van der Waals surface area contributed by atoms with Crippen LogP contribution >= 0.6 is 0 Å². The monoisotopic (exact) mass is 276 g/mol. The van der Waals surface area contributed by atoms with Gasteiger partial charge in [-0.15, -0.1) is 0 Å². The second-order valence-electron chi connectivity index (χ2n) is 6.58. The third-order valence-corrected chi connectivity index (χ3v) is 4.67. The van der Waals surface area contributed by atoms with Crippen molar-refractivity contribution in [2.75, 3.05) is 11.4 Å². The Balaban J connectivity index is 1.84. The van der Waals surface area contributed by atoms with Crippen molar-refractivity contribution in [3.8, 4) is 0 Å². The fourth-order valence-electron chi connectivity index (χ4n) is 3.15. The van der Waals surface area contributed by atoms with Crippen LogP contribution in [0.5, 0.6) is 0 Å². The smallest absolute Gasteiger partial charge is 0.129 e. The highest BCUT2D eigenvalue weighted by Crippen LogP contribution is 2.32. The van der Waals surface area contributed by atoms with Crippen molar-refractivity contribution in [3.05, 3.63) is 29.6 Å². The average Bonchev–Trinajstić information content (AvgIpc) is 3.24. The van der Waals surface area contributed by atoms with Crippen molar-refractivity contribution in [1.29, 1.82) is 0 Å². The molecule has 0 bridgehead atoms. The van der Waals surface area contributed by atoms with Crippen molar-refractivity contribution in [1.82, 2.24) is 5.32 Å². The Morgan fingerprint density at radius 1 is 1.20 bits per heavy atom. The number of piperidine rings is 1. The molecule has 1 heterocycles. The van der Waals surface area contributed by atoms with Gasteiger partial charge in [0, 0.05) is 36.4 Å². The van der Waals surface area contributed by atoms with E-state index in [1.165, 1.54) is 25.7 Å². The molecular weight excluding hydrogens is 251 g/mol. The summed E-state index contributed by atoms with van der Waals surface area (Å²) in [4.78, 5) is 2.40.